The Bertz CT molecular complexity index is 888. The molecule has 6 nitrogen and oxygen atoms in total. The van der Waals surface area contributed by atoms with E-state index >= 15 is 0 Å². The SMILES string of the molecule is CCCCCCCCC1(CCCCCCCC)c2cc(OB(O)O)ccc2-c2ccc(OB(O)O)cc21. The highest BCUT2D eigenvalue weighted by Gasteiger charge is 2.43. The Kier molecular flexibility index (Phi) is 11.8. The van der Waals surface area contributed by atoms with E-state index in [-0.39, 0.29) is 5.41 Å². The van der Waals surface area contributed by atoms with Crippen molar-refractivity contribution in [3.05, 3.63) is 47.5 Å². The predicted octanol–water partition coefficient (Wildman–Crippen LogP) is 6.15. The molecule has 1 aliphatic rings. The van der Waals surface area contributed by atoms with Crippen LogP contribution in [0.2, 0.25) is 0 Å². The van der Waals surface area contributed by atoms with Gasteiger partial charge in [0.1, 0.15) is 11.5 Å². The van der Waals surface area contributed by atoms with Crippen LogP contribution in [-0.4, -0.2) is 34.7 Å². The van der Waals surface area contributed by atoms with Gasteiger partial charge in [0.25, 0.3) is 0 Å². The van der Waals surface area contributed by atoms with Gasteiger partial charge in [0.2, 0.25) is 0 Å². The average Bonchev–Trinajstić information content (AvgIpc) is 3.11. The molecule has 2 aromatic carbocycles. The maximum absolute atomic E-state index is 9.44. The number of unbranched alkanes of at least 4 members (excludes halogenated alkanes) is 10. The summed E-state index contributed by atoms with van der Waals surface area (Å²) >= 11 is 0. The van der Waals surface area contributed by atoms with Crippen LogP contribution in [0.1, 0.15) is 115 Å². The molecular weight excluding hydrogens is 466 g/mol. The van der Waals surface area contributed by atoms with E-state index in [0.29, 0.717) is 11.5 Å². The van der Waals surface area contributed by atoms with E-state index in [0.717, 1.165) is 47.9 Å². The molecule has 8 heteroatoms. The summed E-state index contributed by atoms with van der Waals surface area (Å²) < 4.78 is 10.5. The lowest BCUT2D eigenvalue weighted by molar-refractivity contribution is 0.286. The minimum absolute atomic E-state index is 0.278. The fourth-order valence-electron chi connectivity index (χ4n) is 5.92. The molecule has 0 atom stereocenters. The fourth-order valence-corrected chi connectivity index (χ4v) is 5.92. The normalized spacial score (nSPS) is 13.2. The van der Waals surface area contributed by atoms with Gasteiger partial charge in [-0.1, -0.05) is 103 Å². The van der Waals surface area contributed by atoms with Crippen LogP contribution >= 0.6 is 0 Å². The zero-order valence-corrected chi connectivity index (χ0v) is 22.6. The summed E-state index contributed by atoms with van der Waals surface area (Å²) in [5.74, 6) is 0.859. The van der Waals surface area contributed by atoms with Gasteiger partial charge in [-0.3, -0.25) is 0 Å². The third-order valence-electron chi connectivity index (χ3n) is 7.70. The van der Waals surface area contributed by atoms with Crippen LogP contribution in [0.15, 0.2) is 36.4 Å². The number of benzene rings is 2. The highest BCUT2D eigenvalue weighted by Crippen LogP contribution is 2.55. The van der Waals surface area contributed by atoms with Crippen molar-refractivity contribution in [2.45, 2.75) is 109 Å². The van der Waals surface area contributed by atoms with E-state index < -0.39 is 14.6 Å². The second-order valence-electron chi connectivity index (χ2n) is 10.4. The van der Waals surface area contributed by atoms with Crippen molar-refractivity contribution in [2.75, 3.05) is 0 Å². The van der Waals surface area contributed by atoms with Crippen LogP contribution in [0.4, 0.5) is 0 Å². The maximum atomic E-state index is 9.44. The lowest BCUT2D eigenvalue weighted by Crippen LogP contribution is -2.27. The van der Waals surface area contributed by atoms with E-state index in [9.17, 15) is 20.1 Å². The molecule has 0 heterocycles. The summed E-state index contributed by atoms with van der Waals surface area (Å²) in [7, 11) is -3.75. The largest absolute Gasteiger partial charge is 0.707 e. The molecular formula is C29H44B2O6. The van der Waals surface area contributed by atoms with Crippen molar-refractivity contribution in [3.63, 3.8) is 0 Å². The van der Waals surface area contributed by atoms with E-state index in [1.165, 1.54) is 64.2 Å². The van der Waals surface area contributed by atoms with Crippen LogP contribution in [0.3, 0.4) is 0 Å². The first kappa shape index (κ1) is 29.6. The maximum Gasteiger partial charge on any atom is 0.707 e. The Hall–Kier alpha value is -1.99. The molecule has 37 heavy (non-hydrogen) atoms. The number of fused-ring (bicyclic) bond motifs is 3. The van der Waals surface area contributed by atoms with Gasteiger partial charge in [-0.2, -0.15) is 0 Å². The van der Waals surface area contributed by atoms with Crippen LogP contribution in [0, 0.1) is 0 Å². The molecule has 202 valence electrons. The third kappa shape index (κ3) is 8.00. The smallest absolute Gasteiger partial charge is 0.512 e. The molecule has 0 unspecified atom stereocenters. The minimum Gasteiger partial charge on any atom is -0.512 e. The molecule has 4 N–H and O–H groups in total. The fraction of sp³-hybridized carbons (Fsp3) is 0.586. The van der Waals surface area contributed by atoms with Gasteiger partial charge in [0, 0.05) is 5.41 Å². The summed E-state index contributed by atoms with van der Waals surface area (Å²) in [6.45, 7) is 4.46. The Labute approximate surface area is 223 Å². The summed E-state index contributed by atoms with van der Waals surface area (Å²) in [4.78, 5) is 0. The van der Waals surface area contributed by atoms with Crippen LogP contribution in [0.25, 0.3) is 11.1 Å². The first-order valence-electron chi connectivity index (χ1n) is 14.3. The summed E-state index contributed by atoms with van der Waals surface area (Å²) in [5.41, 5.74) is 4.24. The molecule has 0 saturated carbocycles. The van der Waals surface area contributed by atoms with E-state index in [1.54, 1.807) is 12.1 Å². The average molecular weight is 510 g/mol. The van der Waals surface area contributed by atoms with Gasteiger partial charge in [0.15, 0.2) is 0 Å². The highest BCUT2D eigenvalue weighted by molar-refractivity contribution is 6.34. The van der Waals surface area contributed by atoms with E-state index in [2.05, 4.69) is 13.8 Å². The first-order chi connectivity index (χ1) is 17.9. The molecule has 0 fully saturated rings. The molecule has 0 spiro atoms. The monoisotopic (exact) mass is 510 g/mol. The highest BCUT2D eigenvalue weighted by atomic mass is 16.6. The topological polar surface area (TPSA) is 99.4 Å². The van der Waals surface area contributed by atoms with E-state index in [4.69, 9.17) is 9.31 Å². The summed E-state index contributed by atoms with van der Waals surface area (Å²) in [6.07, 6.45) is 16.4. The van der Waals surface area contributed by atoms with Crippen molar-refractivity contribution in [1.29, 1.82) is 0 Å². The quantitative estimate of drug-likeness (QED) is 0.142. The van der Waals surface area contributed by atoms with Gasteiger partial charge in [0.05, 0.1) is 0 Å². The number of hydrogen-bond acceptors (Lipinski definition) is 6. The summed E-state index contributed by atoms with van der Waals surface area (Å²) in [5, 5.41) is 37.7. The van der Waals surface area contributed by atoms with Gasteiger partial charge < -0.3 is 29.4 Å². The molecule has 0 aromatic heterocycles. The van der Waals surface area contributed by atoms with Crippen LogP contribution in [0.5, 0.6) is 11.5 Å². The van der Waals surface area contributed by atoms with Crippen molar-refractivity contribution in [1.82, 2.24) is 0 Å². The molecule has 0 saturated heterocycles. The predicted molar refractivity (Wildman–Crippen MR) is 150 cm³/mol. The Morgan fingerprint density at radius 3 is 1.32 bits per heavy atom. The summed E-state index contributed by atoms with van der Waals surface area (Å²) in [6, 6.07) is 11.5. The molecule has 1 aliphatic carbocycles. The lowest BCUT2D eigenvalue weighted by Gasteiger charge is -2.33. The second kappa shape index (κ2) is 14.8. The Morgan fingerprint density at radius 1 is 0.568 bits per heavy atom. The first-order valence-corrected chi connectivity index (χ1v) is 14.3. The number of rotatable bonds is 18. The van der Waals surface area contributed by atoms with Gasteiger partial charge in [-0.25, -0.2) is 0 Å². The van der Waals surface area contributed by atoms with Gasteiger partial charge in [-0.15, -0.1) is 0 Å². The zero-order chi connectivity index (χ0) is 26.7. The van der Waals surface area contributed by atoms with Gasteiger partial charge >= 0.3 is 14.6 Å². The van der Waals surface area contributed by atoms with Crippen molar-refractivity contribution < 1.29 is 29.4 Å². The molecule has 0 amide bonds. The number of hydrogen-bond donors (Lipinski definition) is 4. The van der Waals surface area contributed by atoms with Crippen LogP contribution < -0.4 is 9.31 Å². The zero-order valence-electron chi connectivity index (χ0n) is 22.6. The van der Waals surface area contributed by atoms with Gasteiger partial charge in [-0.05, 0) is 59.4 Å². The van der Waals surface area contributed by atoms with Crippen molar-refractivity contribution in [2.24, 2.45) is 0 Å². The second-order valence-corrected chi connectivity index (χ2v) is 10.4. The van der Waals surface area contributed by atoms with E-state index in [1.807, 2.05) is 24.3 Å². The molecule has 0 radical (unpaired) electrons. The molecule has 3 rings (SSSR count). The Balaban J connectivity index is 1.97. The van der Waals surface area contributed by atoms with Crippen LogP contribution in [-0.2, 0) is 5.41 Å². The lowest BCUT2D eigenvalue weighted by atomic mass is 9.70. The standard InChI is InChI=1S/C29H44B2O6/c1-3-5-7-9-11-13-19-29(20-14-12-10-8-6-4-2)27-21-23(36-30(32)33)15-17-25(27)26-18-16-24(22-28(26)29)37-31(34)35/h15-18,21-22,32-35H,3-14,19-20H2,1-2H3. The molecule has 2 aromatic rings. The Morgan fingerprint density at radius 2 is 0.946 bits per heavy atom. The molecule has 0 aliphatic heterocycles. The van der Waals surface area contributed by atoms with Crippen molar-refractivity contribution >= 4 is 14.6 Å². The molecule has 0 bridgehead atoms. The minimum atomic E-state index is -1.88. The van der Waals surface area contributed by atoms with Crippen molar-refractivity contribution in [3.8, 4) is 22.6 Å². The third-order valence-corrected chi connectivity index (χ3v) is 7.70.